The molecule has 2 fully saturated rings. The Morgan fingerprint density at radius 2 is 2.05 bits per heavy atom. The fourth-order valence-electron chi connectivity index (χ4n) is 5.16. The number of ether oxygens (including phenoxy) is 2. The van der Waals surface area contributed by atoms with Gasteiger partial charge in [0.25, 0.3) is 11.5 Å². The number of nitrogens with one attached hydrogen (secondary N) is 2. The Bertz CT molecular complexity index is 1490. The summed E-state index contributed by atoms with van der Waals surface area (Å²) in [5, 5.41) is 20.3. The Kier molecular flexibility index (Phi) is 8.00. The van der Waals surface area contributed by atoms with E-state index in [0.717, 1.165) is 12.8 Å². The Labute approximate surface area is 237 Å². The minimum Gasteiger partial charge on any atom is -0.443 e. The van der Waals surface area contributed by atoms with Gasteiger partial charge >= 0.3 is 6.09 Å². The van der Waals surface area contributed by atoms with Crippen molar-refractivity contribution in [2.45, 2.75) is 76.7 Å². The summed E-state index contributed by atoms with van der Waals surface area (Å²) in [6.07, 6.45) is 5.54. The number of amides is 2. The number of anilines is 3. The van der Waals surface area contributed by atoms with E-state index >= 15 is 0 Å². The predicted octanol–water partition coefficient (Wildman–Crippen LogP) is 3.00. The van der Waals surface area contributed by atoms with Crippen LogP contribution in [0.4, 0.5) is 22.1 Å². The van der Waals surface area contributed by atoms with Crippen molar-refractivity contribution >= 4 is 35.0 Å². The van der Waals surface area contributed by atoms with Gasteiger partial charge < -0.3 is 29.8 Å². The average molecular weight is 568 g/mol. The van der Waals surface area contributed by atoms with Crippen LogP contribution in [0.15, 0.2) is 35.4 Å². The van der Waals surface area contributed by atoms with E-state index in [1.165, 1.54) is 22.7 Å². The Balaban J connectivity index is 1.52. The monoisotopic (exact) mass is 567 g/mol. The van der Waals surface area contributed by atoms with Gasteiger partial charge in [-0.1, -0.05) is 0 Å². The van der Waals surface area contributed by atoms with Gasteiger partial charge in [0.05, 0.1) is 24.9 Å². The molecule has 1 unspecified atom stereocenters. The van der Waals surface area contributed by atoms with E-state index in [1.807, 2.05) is 0 Å². The number of aliphatic hydroxyl groups excluding tert-OH is 1. The molecule has 1 saturated carbocycles. The molecule has 0 spiro atoms. The largest absolute Gasteiger partial charge is 0.443 e. The first kappa shape index (κ1) is 28.6. The zero-order valence-corrected chi connectivity index (χ0v) is 23.8. The summed E-state index contributed by atoms with van der Waals surface area (Å²) in [6, 6.07) is 4.77. The molecule has 0 aromatic carbocycles. The van der Waals surface area contributed by atoms with Gasteiger partial charge in [-0.2, -0.15) is 9.61 Å². The van der Waals surface area contributed by atoms with Crippen LogP contribution in [0.1, 0.15) is 69.3 Å². The molecule has 3 aromatic rings. The van der Waals surface area contributed by atoms with Gasteiger partial charge in [-0.15, -0.1) is 0 Å². The third-order valence-electron chi connectivity index (χ3n) is 7.22. The maximum absolute atomic E-state index is 13.4. The fourth-order valence-corrected chi connectivity index (χ4v) is 5.16. The molecule has 3 N–H and O–H groups in total. The van der Waals surface area contributed by atoms with Crippen molar-refractivity contribution in [1.29, 1.82) is 0 Å². The summed E-state index contributed by atoms with van der Waals surface area (Å²) >= 11 is 0. The lowest BCUT2D eigenvalue weighted by atomic mass is 10.1. The van der Waals surface area contributed by atoms with Gasteiger partial charge in [0.1, 0.15) is 28.5 Å². The first-order chi connectivity index (χ1) is 19.5. The SMILES string of the molecule is CN(C(=O)OC(C)(C)C)c1cc(Nc2cccn([C@@H]3CCCOC3)c2=O)nc2c(C(=O)NC3CC[C@@H](O)C3)cnn12. The molecule has 1 aliphatic heterocycles. The topological polar surface area (TPSA) is 152 Å². The van der Waals surface area contributed by atoms with E-state index in [-0.39, 0.29) is 46.2 Å². The van der Waals surface area contributed by atoms with Crippen molar-refractivity contribution in [2.75, 3.05) is 30.5 Å². The van der Waals surface area contributed by atoms with Gasteiger partial charge in [0, 0.05) is 32.0 Å². The third kappa shape index (κ3) is 6.35. The van der Waals surface area contributed by atoms with E-state index in [0.29, 0.717) is 32.5 Å². The first-order valence-electron chi connectivity index (χ1n) is 13.9. The standard InChI is InChI=1S/C28H37N7O6/c1-28(2,3)41-27(39)33(4)23-14-22(31-21-8-5-11-34(26(21)38)18-7-6-12-40-16-18)32-24-20(15-29-35(23)24)25(37)30-17-9-10-19(36)13-17/h5,8,11,14-15,17-19,36H,6-7,9-10,12-13,16H2,1-4H3,(H,30,37)(H,31,32)/t17?,18-,19-/m1/s1. The van der Waals surface area contributed by atoms with Crippen molar-refractivity contribution in [3.8, 4) is 0 Å². The summed E-state index contributed by atoms with van der Waals surface area (Å²) in [5.74, 6) is 0.122. The van der Waals surface area contributed by atoms with E-state index in [4.69, 9.17) is 9.47 Å². The minimum atomic E-state index is -0.739. The number of fused-ring (bicyclic) bond motifs is 1. The molecule has 0 radical (unpaired) electrons. The van der Waals surface area contributed by atoms with Crippen molar-refractivity contribution in [2.24, 2.45) is 0 Å². The maximum atomic E-state index is 13.4. The van der Waals surface area contributed by atoms with Crippen molar-refractivity contribution in [3.63, 3.8) is 0 Å². The van der Waals surface area contributed by atoms with Crippen molar-refractivity contribution < 1.29 is 24.2 Å². The number of hydrogen-bond acceptors (Lipinski definition) is 9. The van der Waals surface area contributed by atoms with Gasteiger partial charge in [-0.25, -0.2) is 9.78 Å². The highest BCUT2D eigenvalue weighted by Crippen LogP contribution is 2.26. The lowest BCUT2D eigenvalue weighted by Gasteiger charge is -2.25. The molecule has 1 saturated heterocycles. The minimum absolute atomic E-state index is 0.0680. The van der Waals surface area contributed by atoms with Crippen LogP contribution in [0.3, 0.4) is 0 Å². The summed E-state index contributed by atoms with van der Waals surface area (Å²) in [6.45, 7) is 6.44. The summed E-state index contributed by atoms with van der Waals surface area (Å²) < 4.78 is 14.2. The molecule has 2 amide bonds. The van der Waals surface area contributed by atoms with Crippen molar-refractivity contribution in [1.82, 2.24) is 24.5 Å². The van der Waals surface area contributed by atoms with Crippen LogP contribution in [0, 0.1) is 0 Å². The van der Waals surface area contributed by atoms with Crippen LogP contribution in [-0.2, 0) is 9.47 Å². The second-order valence-electron chi connectivity index (χ2n) is 11.6. The maximum Gasteiger partial charge on any atom is 0.415 e. The smallest absolute Gasteiger partial charge is 0.415 e. The molecule has 220 valence electrons. The van der Waals surface area contributed by atoms with E-state index in [9.17, 15) is 19.5 Å². The Morgan fingerprint density at radius 1 is 1.24 bits per heavy atom. The van der Waals surface area contributed by atoms with Gasteiger partial charge in [-0.05, 0) is 65.0 Å². The third-order valence-corrected chi connectivity index (χ3v) is 7.22. The fraction of sp³-hybridized carbons (Fsp3) is 0.536. The number of carbonyl (C=O) groups is 2. The van der Waals surface area contributed by atoms with Crippen molar-refractivity contribution in [3.05, 3.63) is 46.5 Å². The predicted molar refractivity (Wildman–Crippen MR) is 152 cm³/mol. The number of carbonyl (C=O) groups excluding carboxylic acids is 2. The zero-order valence-electron chi connectivity index (χ0n) is 23.8. The molecule has 41 heavy (non-hydrogen) atoms. The molecule has 5 rings (SSSR count). The highest BCUT2D eigenvalue weighted by Gasteiger charge is 2.28. The molecule has 13 nitrogen and oxygen atoms in total. The quantitative estimate of drug-likeness (QED) is 0.408. The Hall–Kier alpha value is -3.97. The normalized spacial score (nSPS) is 21.0. The zero-order chi connectivity index (χ0) is 29.3. The van der Waals surface area contributed by atoms with E-state index in [1.54, 1.807) is 49.7 Å². The van der Waals surface area contributed by atoms with Crippen LogP contribution in [0.25, 0.3) is 5.65 Å². The highest BCUT2D eigenvalue weighted by atomic mass is 16.6. The summed E-state index contributed by atoms with van der Waals surface area (Å²) in [7, 11) is 1.53. The number of aromatic nitrogens is 4. The highest BCUT2D eigenvalue weighted by molar-refractivity contribution is 6.00. The molecule has 4 heterocycles. The molecule has 3 atom stereocenters. The number of pyridine rings is 1. The van der Waals surface area contributed by atoms with Crippen LogP contribution < -0.4 is 21.1 Å². The number of hydrogen-bond donors (Lipinski definition) is 3. The van der Waals surface area contributed by atoms with Crippen LogP contribution in [-0.4, -0.2) is 74.3 Å². The van der Waals surface area contributed by atoms with E-state index < -0.39 is 23.7 Å². The summed E-state index contributed by atoms with van der Waals surface area (Å²) in [4.78, 5) is 45.6. The van der Waals surface area contributed by atoms with Crippen LogP contribution >= 0.6 is 0 Å². The van der Waals surface area contributed by atoms with Crippen LogP contribution in [0.2, 0.25) is 0 Å². The molecular formula is C28H37N7O6. The average Bonchev–Trinajstić information content (AvgIpc) is 3.54. The molecule has 2 aliphatic rings. The Morgan fingerprint density at radius 3 is 2.73 bits per heavy atom. The molecule has 3 aromatic heterocycles. The lowest BCUT2D eigenvalue weighted by molar-refractivity contribution is 0.0580. The molecule has 1 aliphatic carbocycles. The van der Waals surface area contributed by atoms with Gasteiger partial charge in [-0.3, -0.25) is 14.5 Å². The molecular weight excluding hydrogens is 530 g/mol. The van der Waals surface area contributed by atoms with E-state index in [2.05, 4.69) is 20.7 Å². The molecule has 13 heteroatoms. The molecule has 0 bridgehead atoms. The number of nitrogens with zero attached hydrogens (tertiary/aromatic N) is 5. The van der Waals surface area contributed by atoms with Gasteiger partial charge in [0.2, 0.25) is 0 Å². The lowest BCUT2D eigenvalue weighted by Crippen LogP contribution is -2.35. The number of rotatable bonds is 6. The first-order valence-corrected chi connectivity index (χ1v) is 13.9. The van der Waals surface area contributed by atoms with Crippen LogP contribution in [0.5, 0.6) is 0 Å². The number of aliphatic hydroxyl groups is 1. The van der Waals surface area contributed by atoms with Gasteiger partial charge in [0.15, 0.2) is 5.65 Å². The second-order valence-corrected chi connectivity index (χ2v) is 11.6. The second kappa shape index (κ2) is 11.5. The summed E-state index contributed by atoms with van der Waals surface area (Å²) in [5.41, 5.74) is -0.311.